The van der Waals surface area contributed by atoms with Crippen LogP contribution >= 0.6 is 11.6 Å². The maximum atomic E-state index is 11.1. The smallest absolute Gasteiger partial charge is 0.233 e. The Morgan fingerprint density at radius 3 is 2.20 bits per heavy atom. The zero-order valence-electron chi connectivity index (χ0n) is 16.9. The zero-order chi connectivity index (χ0) is 20.6. The summed E-state index contributed by atoms with van der Waals surface area (Å²) < 4.78 is 0.899. The van der Waals surface area contributed by atoms with Crippen molar-refractivity contribution in [3.63, 3.8) is 0 Å². The van der Waals surface area contributed by atoms with Crippen molar-refractivity contribution in [1.29, 1.82) is 0 Å². The largest absolute Gasteiger partial charge is 0.306 e. The number of piperazine rings is 1. The molecule has 151 valence electrons. The molecule has 2 aliphatic rings. The molecule has 5 rings (SSSR count). The number of hydrogen-bond acceptors (Lipinski definition) is 2. The second kappa shape index (κ2) is 7.66. The molecule has 1 N–H and O–H groups in total. The number of carbonyl (C=O) groups excluding carboxylic acids is 1. The normalized spacial score (nSPS) is 24.9. The van der Waals surface area contributed by atoms with Crippen LogP contribution in [0.4, 0.5) is 5.69 Å². The number of quaternary nitrogens is 1. The van der Waals surface area contributed by atoms with Crippen molar-refractivity contribution in [2.75, 3.05) is 26.2 Å². The van der Waals surface area contributed by atoms with Crippen molar-refractivity contribution < 1.29 is 4.79 Å². The van der Waals surface area contributed by atoms with Gasteiger partial charge in [-0.2, -0.15) is 0 Å². The van der Waals surface area contributed by atoms with Gasteiger partial charge in [0.25, 0.3) is 0 Å². The highest BCUT2D eigenvalue weighted by molar-refractivity contribution is 6.30. The molecule has 3 nitrogen and oxygen atoms in total. The average Bonchev–Trinajstić information content (AvgIpc) is 3.58. The second-order valence-corrected chi connectivity index (χ2v) is 8.85. The summed E-state index contributed by atoms with van der Waals surface area (Å²) in [5, 5.41) is 4.32. The predicted octanol–water partition coefficient (Wildman–Crippen LogP) is 4.79. The number of hydrogen-bond donors (Lipinski definition) is 1. The third kappa shape index (κ3) is 3.01. The summed E-state index contributed by atoms with van der Waals surface area (Å²) in [5.41, 5.74) is 4.58. The second-order valence-electron chi connectivity index (χ2n) is 8.41. The van der Waals surface area contributed by atoms with Crippen LogP contribution in [0.1, 0.15) is 29.0 Å². The summed E-state index contributed by atoms with van der Waals surface area (Å²) in [6.45, 7) is 3.99. The van der Waals surface area contributed by atoms with Crippen LogP contribution in [0.25, 0.3) is 0 Å². The average molecular weight is 417 g/mol. The molecule has 0 aromatic heterocycles. The first kappa shape index (κ1) is 19.5. The molecule has 2 atom stereocenters. The van der Waals surface area contributed by atoms with Gasteiger partial charge >= 0.3 is 0 Å². The quantitative estimate of drug-likeness (QED) is 0.606. The van der Waals surface area contributed by atoms with E-state index in [2.05, 4.69) is 59.9 Å². The summed E-state index contributed by atoms with van der Waals surface area (Å²) in [5.74, 6) is 0.424. The number of nitrogens with one attached hydrogen (secondary N) is 1. The minimum absolute atomic E-state index is 0.0242. The van der Waals surface area contributed by atoms with Crippen molar-refractivity contribution in [1.82, 2.24) is 9.80 Å². The Balaban J connectivity index is 1.68. The van der Waals surface area contributed by atoms with Crippen molar-refractivity contribution >= 4 is 23.6 Å². The van der Waals surface area contributed by atoms with Gasteiger partial charge in [-0.3, -0.25) is 9.28 Å². The Labute approximate surface area is 182 Å². The van der Waals surface area contributed by atoms with Gasteiger partial charge in [0.05, 0.1) is 19.0 Å². The first-order valence-electron chi connectivity index (χ1n) is 10.6. The fourth-order valence-corrected chi connectivity index (χ4v) is 5.71. The molecule has 3 aromatic carbocycles. The highest BCUT2D eigenvalue weighted by Crippen LogP contribution is 2.66. The zero-order valence-corrected chi connectivity index (χ0v) is 17.6. The maximum absolute atomic E-state index is 11.1. The fourth-order valence-electron chi connectivity index (χ4n) is 5.59. The van der Waals surface area contributed by atoms with Gasteiger partial charge in [-0.15, -0.1) is 0 Å². The number of nitrogens with zero attached hydrogens (tertiary/aromatic N) is 1. The lowest BCUT2D eigenvalue weighted by molar-refractivity contribution is 0.152. The van der Waals surface area contributed by atoms with E-state index in [-0.39, 0.29) is 5.54 Å². The molecule has 1 radical (unpaired) electrons. The van der Waals surface area contributed by atoms with Crippen molar-refractivity contribution in [2.24, 2.45) is 0 Å². The predicted molar refractivity (Wildman–Crippen MR) is 123 cm³/mol. The number of benzene rings is 3. The number of halogens is 1. The van der Waals surface area contributed by atoms with Crippen LogP contribution in [0, 0.1) is 0 Å². The van der Waals surface area contributed by atoms with Gasteiger partial charge in [0.15, 0.2) is 0 Å². The van der Waals surface area contributed by atoms with Gasteiger partial charge in [0.2, 0.25) is 6.29 Å². The molecular formula is C26H25ClN2O+. The first-order valence-corrected chi connectivity index (χ1v) is 11.0. The standard InChI is InChI=1S/C26H25ClN2O/c27-23-10-8-21(9-11-23)25-18-26(25,22-4-2-1-3-5-22)29(16-14-28-15-17-29)24-12-6-20(19-30)7-13-24/h1-13,25,28H,14-18H2/q+1. The topological polar surface area (TPSA) is 29.1 Å². The molecule has 3 aromatic rings. The van der Waals surface area contributed by atoms with E-state index < -0.39 is 0 Å². The highest BCUT2D eigenvalue weighted by Gasteiger charge is 2.70. The fraction of sp³-hybridized carbons (Fsp3) is 0.269. The monoisotopic (exact) mass is 416 g/mol. The van der Waals surface area contributed by atoms with E-state index in [1.807, 2.05) is 30.6 Å². The van der Waals surface area contributed by atoms with Gasteiger partial charge in [-0.25, -0.2) is 0 Å². The molecule has 4 heteroatoms. The summed E-state index contributed by atoms with van der Waals surface area (Å²) in [6, 6.07) is 27.4. The lowest BCUT2D eigenvalue weighted by Gasteiger charge is -2.48. The van der Waals surface area contributed by atoms with Gasteiger partial charge < -0.3 is 5.32 Å². The lowest BCUT2D eigenvalue weighted by atomic mass is 9.92. The Hall–Kier alpha value is -2.46. The summed E-state index contributed by atoms with van der Waals surface area (Å²) in [4.78, 5) is 11.1. The summed E-state index contributed by atoms with van der Waals surface area (Å²) in [7, 11) is 0. The molecule has 1 saturated carbocycles. The van der Waals surface area contributed by atoms with Crippen LogP contribution in [0.15, 0.2) is 78.9 Å². The maximum Gasteiger partial charge on any atom is 0.233 e. The number of rotatable bonds is 5. The summed E-state index contributed by atoms with van der Waals surface area (Å²) in [6.07, 6.45) is 3.11. The minimum Gasteiger partial charge on any atom is -0.306 e. The van der Waals surface area contributed by atoms with E-state index in [1.165, 1.54) is 16.8 Å². The third-order valence-electron chi connectivity index (χ3n) is 7.06. The molecule has 1 heterocycles. The third-order valence-corrected chi connectivity index (χ3v) is 7.31. The molecule has 2 fully saturated rings. The Morgan fingerprint density at radius 1 is 0.900 bits per heavy atom. The minimum atomic E-state index is -0.0242. The molecule has 1 aliphatic carbocycles. The highest BCUT2D eigenvalue weighted by atomic mass is 35.5. The Bertz CT molecular complexity index is 1030. The van der Waals surface area contributed by atoms with Gasteiger partial charge in [-0.1, -0.05) is 54.1 Å². The molecule has 2 unspecified atom stereocenters. The van der Waals surface area contributed by atoms with Crippen molar-refractivity contribution in [2.45, 2.75) is 17.9 Å². The van der Waals surface area contributed by atoms with Crippen molar-refractivity contribution in [3.8, 4) is 0 Å². The van der Waals surface area contributed by atoms with Gasteiger partial charge in [-0.05, 0) is 42.0 Å². The van der Waals surface area contributed by atoms with Gasteiger partial charge in [0.1, 0.15) is 11.2 Å². The van der Waals surface area contributed by atoms with Crippen LogP contribution < -0.4 is 9.80 Å². The van der Waals surface area contributed by atoms with E-state index in [0.29, 0.717) is 11.5 Å². The Kier molecular flexibility index (Phi) is 4.98. The van der Waals surface area contributed by atoms with E-state index in [0.717, 1.165) is 42.1 Å². The van der Waals surface area contributed by atoms with E-state index in [1.54, 1.807) is 0 Å². The van der Waals surface area contributed by atoms with E-state index >= 15 is 0 Å². The molecule has 0 bridgehead atoms. The first-order chi connectivity index (χ1) is 14.7. The lowest BCUT2D eigenvalue weighted by Crippen LogP contribution is -2.65. The van der Waals surface area contributed by atoms with E-state index in [4.69, 9.17) is 11.6 Å². The van der Waals surface area contributed by atoms with Crippen LogP contribution in [0.2, 0.25) is 5.02 Å². The molecule has 0 spiro atoms. The molecule has 30 heavy (non-hydrogen) atoms. The molecule has 1 aliphatic heterocycles. The van der Waals surface area contributed by atoms with Crippen LogP contribution in [0.3, 0.4) is 0 Å². The van der Waals surface area contributed by atoms with Crippen LogP contribution in [0.5, 0.6) is 0 Å². The molecular weight excluding hydrogens is 392 g/mol. The van der Waals surface area contributed by atoms with Crippen LogP contribution in [-0.2, 0) is 10.3 Å². The summed E-state index contributed by atoms with van der Waals surface area (Å²) >= 11 is 6.18. The molecule has 0 amide bonds. The van der Waals surface area contributed by atoms with Crippen LogP contribution in [-0.4, -0.2) is 32.5 Å². The SMILES string of the molecule is O=[C]c1ccc([N+]2(C3(c4ccccc4)CC3c3ccc(Cl)cc3)CCNCC2)cc1. The van der Waals surface area contributed by atoms with Gasteiger partial charge in [0, 0.05) is 35.7 Å². The molecule has 1 saturated heterocycles. The Morgan fingerprint density at radius 2 is 1.57 bits per heavy atom. The van der Waals surface area contributed by atoms with E-state index in [9.17, 15) is 4.79 Å². The van der Waals surface area contributed by atoms with Crippen molar-refractivity contribution in [3.05, 3.63) is 101 Å².